The molecule has 2 aromatic carbocycles. The molecule has 1 aliphatic carbocycles. The first-order valence-corrected chi connectivity index (χ1v) is 10.5. The lowest BCUT2D eigenvalue weighted by molar-refractivity contribution is 0.0577. The zero-order chi connectivity index (χ0) is 18.6. The van der Waals surface area contributed by atoms with Gasteiger partial charge in [0.15, 0.2) is 0 Å². The Hall–Kier alpha value is -1.77. The van der Waals surface area contributed by atoms with Crippen LogP contribution in [-0.2, 0) is 6.61 Å². The van der Waals surface area contributed by atoms with Crippen molar-refractivity contribution in [3.8, 4) is 5.75 Å². The number of benzene rings is 2. The van der Waals surface area contributed by atoms with Crippen LogP contribution in [0.5, 0.6) is 5.75 Å². The molecule has 0 aromatic heterocycles. The van der Waals surface area contributed by atoms with Crippen molar-refractivity contribution in [3.05, 3.63) is 70.3 Å². The molecule has 1 saturated heterocycles. The van der Waals surface area contributed by atoms with Crippen LogP contribution in [0.15, 0.2) is 54.1 Å². The highest BCUT2D eigenvalue weighted by molar-refractivity contribution is 6.30. The summed E-state index contributed by atoms with van der Waals surface area (Å²) in [6.45, 7) is 4.19. The molecule has 0 spiro atoms. The predicted molar refractivity (Wildman–Crippen MR) is 113 cm³/mol. The molecule has 2 unspecified atom stereocenters. The third kappa shape index (κ3) is 4.56. The van der Waals surface area contributed by atoms with Crippen molar-refractivity contribution in [2.75, 3.05) is 6.54 Å². The maximum Gasteiger partial charge on any atom is 0.119 e. The molecule has 0 amide bonds. The van der Waals surface area contributed by atoms with Gasteiger partial charge in [-0.05, 0) is 68.0 Å². The summed E-state index contributed by atoms with van der Waals surface area (Å²) in [5, 5.41) is 0.754. The number of ether oxygens (including phenoxy) is 1. The largest absolute Gasteiger partial charge is 0.489 e. The monoisotopic (exact) mass is 381 g/mol. The van der Waals surface area contributed by atoms with E-state index in [2.05, 4.69) is 42.2 Å². The van der Waals surface area contributed by atoms with E-state index in [1.54, 1.807) is 5.57 Å². The summed E-state index contributed by atoms with van der Waals surface area (Å²) < 4.78 is 5.90. The summed E-state index contributed by atoms with van der Waals surface area (Å²) in [5.74, 6) is 0.906. The Balaban J connectivity index is 1.40. The van der Waals surface area contributed by atoms with E-state index < -0.39 is 0 Å². The molecule has 2 fully saturated rings. The summed E-state index contributed by atoms with van der Waals surface area (Å²) in [5.41, 5.74) is 4.02. The number of halogens is 1. The highest BCUT2D eigenvalue weighted by atomic mass is 35.5. The first-order chi connectivity index (χ1) is 13.2. The third-order valence-electron chi connectivity index (χ3n) is 5.94. The summed E-state index contributed by atoms with van der Waals surface area (Å²) in [4.78, 5) is 2.69. The molecule has 2 atom stereocenters. The molecule has 4 rings (SSSR count). The fourth-order valence-corrected chi connectivity index (χ4v) is 4.31. The van der Waals surface area contributed by atoms with Crippen molar-refractivity contribution in [3.63, 3.8) is 0 Å². The van der Waals surface area contributed by atoms with Crippen molar-refractivity contribution in [1.82, 2.24) is 4.90 Å². The van der Waals surface area contributed by atoms with Crippen molar-refractivity contribution >= 4 is 17.7 Å². The summed E-state index contributed by atoms with van der Waals surface area (Å²) in [6, 6.07) is 17.7. The van der Waals surface area contributed by atoms with Gasteiger partial charge in [0.25, 0.3) is 0 Å². The van der Waals surface area contributed by atoms with Crippen LogP contribution in [0, 0.1) is 0 Å². The maximum atomic E-state index is 5.93. The molecule has 1 heterocycles. The molecular weight excluding hydrogens is 354 g/mol. The molecule has 0 N–H and O–H groups in total. The lowest BCUT2D eigenvalue weighted by atomic mass is 9.84. The first-order valence-electron chi connectivity index (χ1n) is 10.1. The fourth-order valence-electron chi connectivity index (χ4n) is 4.19. The van der Waals surface area contributed by atoms with Crippen molar-refractivity contribution < 1.29 is 4.74 Å². The van der Waals surface area contributed by atoms with Gasteiger partial charge in [0.05, 0.1) is 0 Å². The topological polar surface area (TPSA) is 12.5 Å². The average molecular weight is 382 g/mol. The number of hydrogen-bond acceptors (Lipinski definition) is 2. The number of rotatable bonds is 5. The zero-order valence-corrected chi connectivity index (χ0v) is 16.8. The van der Waals surface area contributed by atoms with E-state index in [4.69, 9.17) is 16.3 Å². The smallest absolute Gasteiger partial charge is 0.119 e. The number of nitrogens with zero attached hydrogens (tertiary/aromatic N) is 1. The second-order valence-electron chi connectivity index (χ2n) is 7.84. The van der Waals surface area contributed by atoms with Gasteiger partial charge in [-0.15, -0.1) is 0 Å². The number of hydrogen-bond donors (Lipinski definition) is 0. The minimum Gasteiger partial charge on any atom is -0.489 e. The van der Waals surface area contributed by atoms with Crippen LogP contribution in [-0.4, -0.2) is 23.5 Å². The molecule has 1 aliphatic heterocycles. The number of likely N-dealkylation sites (tertiary alicyclic amines) is 1. The van der Waals surface area contributed by atoms with Crippen LogP contribution < -0.4 is 4.74 Å². The molecule has 1 saturated carbocycles. The lowest BCUT2D eigenvalue weighted by Crippen LogP contribution is -2.52. The molecule has 2 aromatic rings. The molecule has 27 heavy (non-hydrogen) atoms. The highest BCUT2D eigenvalue weighted by Gasteiger charge is 2.33. The van der Waals surface area contributed by atoms with Crippen LogP contribution in [0.4, 0.5) is 0 Å². The van der Waals surface area contributed by atoms with E-state index in [1.807, 2.05) is 24.3 Å². The summed E-state index contributed by atoms with van der Waals surface area (Å²) in [6.07, 6.45) is 9.01. The van der Waals surface area contributed by atoms with E-state index in [-0.39, 0.29) is 0 Å². The van der Waals surface area contributed by atoms with Gasteiger partial charge in [-0.3, -0.25) is 4.90 Å². The van der Waals surface area contributed by atoms with Crippen LogP contribution in [0.3, 0.4) is 0 Å². The van der Waals surface area contributed by atoms with Crippen LogP contribution in [0.25, 0.3) is 6.08 Å². The zero-order valence-electron chi connectivity index (χ0n) is 16.0. The molecular formula is C24H28ClNO. The van der Waals surface area contributed by atoms with Gasteiger partial charge in [-0.25, -0.2) is 0 Å². The van der Waals surface area contributed by atoms with Gasteiger partial charge in [0, 0.05) is 23.7 Å². The van der Waals surface area contributed by atoms with E-state index in [1.165, 1.54) is 44.2 Å². The minimum absolute atomic E-state index is 0.562. The Morgan fingerprint density at radius 3 is 2.48 bits per heavy atom. The Morgan fingerprint density at radius 1 is 1.04 bits per heavy atom. The summed E-state index contributed by atoms with van der Waals surface area (Å²) in [7, 11) is 0. The normalized spacial score (nSPS) is 24.6. The molecule has 0 radical (unpaired) electrons. The van der Waals surface area contributed by atoms with E-state index >= 15 is 0 Å². The lowest BCUT2D eigenvalue weighted by Gasteiger charge is -2.47. The molecule has 2 aliphatic rings. The van der Waals surface area contributed by atoms with Gasteiger partial charge in [0.2, 0.25) is 0 Å². The fraction of sp³-hybridized carbons (Fsp3) is 0.417. The maximum absolute atomic E-state index is 5.93. The molecule has 142 valence electrons. The SMILES string of the molecule is CC1CCN1C1CCCC/C1=C\c1ccc(OCc2ccc(Cl)cc2)cc1. The molecule has 3 heteroatoms. The summed E-state index contributed by atoms with van der Waals surface area (Å²) >= 11 is 5.93. The molecule has 2 nitrogen and oxygen atoms in total. The standard InChI is InChI=1S/C24H28ClNO/c1-18-14-15-26(18)24-5-3-2-4-21(24)16-19-8-12-23(13-9-19)27-17-20-6-10-22(25)11-7-20/h6-13,16,18,24H,2-5,14-15,17H2,1H3/b21-16+. The van der Waals surface area contributed by atoms with Gasteiger partial charge >= 0.3 is 0 Å². The first kappa shape index (κ1) is 18.6. The van der Waals surface area contributed by atoms with Gasteiger partial charge in [-0.1, -0.05) is 53.9 Å². The van der Waals surface area contributed by atoms with E-state index in [0.29, 0.717) is 12.6 Å². The predicted octanol–water partition coefficient (Wildman–Crippen LogP) is 6.34. The van der Waals surface area contributed by atoms with Gasteiger partial charge in [-0.2, -0.15) is 0 Å². The van der Waals surface area contributed by atoms with Crippen molar-refractivity contribution in [2.24, 2.45) is 0 Å². The highest BCUT2D eigenvalue weighted by Crippen LogP contribution is 2.34. The van der Waals surface area contributed by atoms with Crippen molar-refractivity contribution in [2.45, 2.75) is 57.7 Å². The second kappa shape index (κ2) is 8.50. The quantitative estimate of drug-likeness (QED) is 0.599. The van der Waals surface area contributed by atoms with Crippen LogP contribution in [0.2, 0.25) is 5.02 Å². The van der Waals surface area contributed by atoms with Crippen LogP contribution >= 0.6 is 11.6 Å². The minimum atomic E-state index is 0.562. The Kier molecular flexibility index (Phi) is 5.85. The average Bonchev–Trinajstić information content (AvgIpc) is 2.69. The van der Waals surface area contributed by atoms with E-state index in [0.717, 1.165) is 22.4 Å². The van der Waals surface area contributed by atoms with Gasteiger partial charge in [0.1, 0.15) is 12.4 Å². The third-order valence-corrected chi connectivity index (χ3v) is 6.20. The second-order valence-corrected chi connectivity index (χ2v) is 8.28. The van der Waals surface area contributed by atoms with Gasteiger partial charge < -0.3 is 4.74 Å². The molecule has 0 bridgehead atoms. The Morgan fingerprint density at radius 2 is 1.81 bits per heavy atom. The van der Waals surface area contributed by atoms with Crippen LogP contribution in [0.1, 0.15) is 50.2 Å². The Bertz CT molecular complexity index is 781. The van der Waals surface area contributed by atoms with Crippen molar-refractivity contribution in [1.29, 1.82) is 0 Å². The Labute approximate surface area is 167 Å². The van der Waals surface area contributed by atoms with E-state index in [9.17, 15) is 0 Å².